The van der Waals surface area contributed by atoms with E-state index in [1.807, 2.05) is 0 Å². The van der Waals surface area contributed by atoms with Crippen LogP contribution in [0.5, 0.6) is 0 Å². The fourth-order valence-corrected chi connectivity index (χ4v) is 16.7. The van der Waals surface area contributed by atoms with Crippen LogP contribution in [0.15, 0.2) is 218 Å². The third kappa shape index (κ3) is 5.50. The van der Waals surface area contributed by atoms with E-state index in [2.05, 4.69) is 218 Å². The van der Waals surface area contributed by atoms with Gasteiger partial charge >= 0.3 is 0 Å². The van der Waals surface area contributed by atoms with Crippen molar-refractivity contribution < 1.29 is 0 Å². The van der Waals surface area contributed by atoms with Crippen molar-refractivity contribution in [1.29, 1.82) is 0 Å². The van der Waals surface area contributed by atoms with E-state index in [9.17, 15) is 0 Å². The molecule has 74 heavy (non-hydrogen) atoms. The molecule has 14 aromatic rings. The summed E-state index contributed by atoms with van der Waals surface area (Å²) in [7, 11) is 0. The first-order chi connectivity index (χ1) is 36.6. The molecule has 2 spiro atoms. The Morgan fingerprint density at radius 2 is 0.459 bits per heavy atom. The monoisotopic (exact) mass is 1010 g/mol. The molecule has 0 unspecified atom stereocenters. The molecule has 3 aliphatic carbocycles. The van der Waals surface area contributed by atoms with Gasteiger partial charge in [-0.05, 0) is 140 Å². The molecular weight excluding hydrogens is 977 g/mol. The molecule has 0 fully saturated rings. The van der Waals surface area contributed by atoms with Crippen molar-refractivity contribution in [3.8, 4) is 64.5 Å². The molecule has 0 amide bonds. The molecule has 344 valence electrons. The Morgan fingerprint density at radius 3 is 0.703 bits per heavy atom. The first-order valence-corrected chi connectivity index (χ1v) is 28.1. The second kappa shape index (κ2) is 15.2. The molecular formula is C66H36N4S4. The zero-order valence-electron chi connectivity index (χ0n) is 39.2. The van der Waals surface area contributed by atoms with E-state index in [1.54, 1.807) is 45.3 Å². The van der Waals surface area contributed by atoms with Crippen molar-refractivity contribution in [1.82, 2.24) is 19.9 Å². The van der Waals surface area contributed by atoms with Crippen LogP contribution in [0.4, 0.5) is 0 Å². The van der Waals surface area contributed by atoms with E-state index in [0.717, 1.165) is 64.4 Å². The topological polar surface area (TPSA) is 51.6 Å². The number of nitrogens with zero attached hydrogens (tertiary/aromatic N) is 4. The molecule has 0 atom stereocenters. The highest BCUT2D eigenvalue weighted by molar-refractivity contribution is 7.22. The van der Waals surface area contributed by atoms with Crippen LogP contribution in [0.1, 0.15) is 44.5 Å². The van der Waals surface area contributed by atoms with Gasteiger partial charge in [0.2, 0.25) is 0 Å². The first kappa shape index (κ1) is 41.3. The number of aromatic nitrogens is 4. The minimum atomic E-state index is -0.722. The van der Waals surface area contributed by atoms with Crippen LogP contribution in [-0.2, 0) is 10.8 Å². The van der Waals surface area contributed by atoms with E-state index in [0.29, 0.717) is 0 Å². The average Bonchev–Trinajstić information content (AvgIpc) is 4.50. The molecule has 0 N–H and O–H groups in total. The van der Waals surface area contributed by atoms with Gasteiger partial charge in [-0.1, -0.05) is 146 Å². The maximum atomic E-state index is 5.26. The van der Waals surface area contributed by atoms with Crippen LogP contribution in [-0.4, -0.2) is 19.9 Å². The van der Waals surface area contributed by atoms with Gasteiger partial charge in [-0.3, -0.25) is 0 Å². The van der Waals surface area contributed by atoms with Crippen molar-refractivity contribution in [2.45, 2.75) is 10.8 Å². The third-order valence-corrected chi connectivity index (χ3v) is 20.3. The number of fused-ring (bicyclic) bond motifs is 20. The molecule has 3 aliphatic rings. The lowest BCUT2D eigenvalue weighted by molar-refractivity contribution is 0.633. The van der Waals surface area contributed by atoms with E-state index >= 15 is 0 Å². The molecule has 8 heteroatoms. The summed E-state index contributed by atoms with van der Waals surface area (Å²) in [5.41, 5.74) is 22.3. The maximum Gasteiger partial charge on any atom is 0.124 e. The summed E-state index contributed by atoms with van der Waals surface area (Å²) in [5, 5.41) is 4.08. The summed E-state index contributed by atoms with van der Waals surface area (Å²) < 4.78 is 4.74. The summed E-state index contributed by atoms with van der Waals surface area (Å²) in [5.74, 6) is 0. The summed E-state index contributed by atoms with van der Waals surface area (Å²) >= 11 is 7.05. The average molecular weight is 1010 g/mol. The van der Waals surface area contributed by atoms with Gasteiger partial charge < -0.3 is 0 Å². The van der Waals surface area contributed by atoms with Crippen LogP contribution in [0, 0.1) is 0 Å². The van der Waals surface area contributed by atoms with E-state index in [-0.39, 0.29) is 0 Å². The fraction of sp³-hybridized carbons (Fsp3) is 0.0303. The molecule has 4 heterocycles. The maximum absolute atomic E-state index is 5.26. The van der Waals surface area contributed by atoms with Crippen LogP contribution in [0.2, 0.25) is 0 Å². The van der Waals surface area contributed by atoms with E-state index < -0.39 is 10.8 Å². The van der Waals surface area contributed by atoms with Crippen molar-refractivity contribution in [2.75, 3.05) is 0 Å². The lowest BCUT2D eigenvalue weighted by Crippen LogP contribution is -2.43. The number of para-hydroxylation sites is 4. The highest BCUT2D eigenvalue weighted by atomic mass is 32.1. The molecule has 4 nitrogen and oxygen atoms in total. The molecule has 0 radical (unpaired) electrons. The summed E-state index contributed by atoms with van der Waals surface area (Å²) in [6, 6.07) is 81.3. The number of hydrogen-bond acceptors (Lipinski definition) is 8. The van der Waals surface area contributed by atoms with Gasteiger partial charge in [0.25, 0.3) is 0 Å². The van der Waals surface area contributed by atoms with E-state index in [1.165, 1.54) is 85.6 Å². The first-order valence-electron chi connectivity index (χ1n) is 24.8. The Hall–Kier alpha value is -8.24. The van der Waals surface area contributed by atoms with Gasteiger partial charge in [-0.15, -0.1) is 45.3 Å². The molecule has 10 aromatic carbocycles. The highest BCUT2D eigenvalue weighted by Gasteiger charge is 2.59. The van der Waals surface area contributed by atoms with Gasteiger partial charge in [-0.25, -0.2) is 19.9 Å². The zero-order chi connectivity index (χ0) is 48.3. The minimum absolute atomic E-state index is 0.722. The van der Waals surface area contributed by atoms with Crippen molar-refractivity contribution in [3.05, 3.63) is 263 Å². The zero-order valence-corrected chi connectivity index (χ0v) is 42.5. The Labute approximate surface area is 441 Å². The SMILES string of the molecule is c1ccc2c(c1)C1(c3cc(-c4nc5ccccc5s4)ccc3-c3ccc(-c4nc5ccccc5s4)cc31)c1ccccc1C21c2cc(-c3nc4ccccc4s3)ccc2-c2ccc(-c3nc4ccccc4s3)cc21. The summed E-state index contributed by atoms with van der Waals surface area (Å²) in [4.78, 5) is 21.0. The Bertz CT molecular complexity index is 3990. The fourth-order valence-electron chi connectivity index (χ4n) is 12.9. The largest absolute Gasteiger partial charge is 0.236 e. The van der Waals surface area contributed by atoms with Crippen molar-refractivity contribution in [2.24, 2.45) is 0 Å². The second-order valence-electron chi connectivity index (χ2n) is 19.6. The summed E-state index contributed by atoms with van der Waals surface area (Å²) in [6.07, 6.45) is 0. The lowest BCUT2D eigenvalue weighted by atomic mass is 9.52. The molecule has 17 rings (SSSR count). The highest BCUT2D eigenvalue weighted by Crippen LogP contribution is 2.68. The predicted molar refractivity (Wildman–Crippen MR) is 309 cm³/mol. The van der Waals surface area contributed by atoms with E-state index in [4.69, 9.17) is 19.9 Å². The molecule has 0 saturated carbocycles. The third-order valence-electron chi connectivity index (χ3n) is 15.9. The van der Waals surface area contributed by atoms with Gasteiger partial charge in [0.1, 0.15) is 20.0 Å². The minimum Gasteiger partial charge on any atom is -0.236 e. The van der Waals surface area contributed by atoms with Crippen LogP contribution in [0.3, 0.4) is 0 Å². The van der Waals surface area contributed by atoms with Crippen molar-refractivity contribution >= 4 is 86.2 Å². The smallest absolute Gasteiger partial charge is 0.124 e. The summed E-state index contributed by atoms with van der Waals surface area (Å²) in [6.45, 7) is 0. The van der Waals surface area contributed by atoms with Gasteiger partial charge in [0.15, 0.2) is 0 Å². The van der Waals surface area contributed by atoms with Crippen LogP contribution < -0.4 is 0 Å². The quantitative estimate of drug-likeness (QED) is 0.176. The van der Waals surface area contributed by atoms with Crippen molar-refractivity contribution in [3.63, 3.8) is 0 Å². The number of hydrogen-bond donors (Lipinski definition) is 0. The van der Waals surface area contributed by atoms with Crippen LogP contribution >= 0.6 is 45.3 Å². The Morgan fingerprint density at radius 1 is 0.230 bits per heavy atom. The lowest BCUT2D eigenvalue weighted by Gasteiger charge is -2.49. The molecule has 0 saturated heterocycles. The van der Waals surface area contributed by atoms with Gasteiger partial charge in [-0.2, -0.15) is 0 Å². The number of benzene rings is 10. The molecule has 4 aromatic heterocycles. The Balaban J connectivity index is 0.983. The predicted octanol–water partition coefficient (Wildman–Crippen LogP) is 17.8. The number of rotatable bonds is 4. The Kier molecular flexibility index (Phi) is 8.45. The normalized spacial score (nSPS) is 14.2. The molecule has 0 aliphatic heterocycles. The van der Waals surface area contributed by atoms with Gasteiger partial charge in [0, 0.05) is 22.3 Å². The van der Waals surface area contributed by atoms with Crippen LogP contribution in [0.25, 0.3) is 105 Å². The number of thiazole rings is 4. The molecule has 0 bridgehead atoms. The van der Waals surface area contributed by atoms with Gasteiger partial charge in [0.05, 0.1) is 51.7 Å². The second-order valence-corrected chi connectivity index (χ2v) is 23.7. The standard InChI is InChI=1S/C66H36N4S4/c1-2-14-46-45(13-1)65(49-33-37(61-67-53-17-5-9-21-57(53)71-61)25-29-41(49)42-30-26-38(34-50(42)65)62-68-54-18-6-10-22-58(54)72-62)47-15-3-4-16-48(47)66(46)51-35-39(63-69-55-19-7-11-23-59(55)73-63)27-31-43(51)44-32-28-40(36-52(44)66)64-70-56-20-8-12-24-60(56)74-64/h1-36H.